The zero-order valence-electron chi connectivity index (χ0n) is 21.8. The summed E-state index contributed by atoms with van der Waals surface area (Å²) in [6.45, 7) is 9.36. The van der Waals surface area contributed by atoms with Crippen LogP contribution in [-0.4, -0.2) is 27.9 Å². The van der Waals surface area contributed by atoms with E-state index in [-0.39, 0.29) is 11.3 Å². The molecule has 5 nitrogen and oxygen atoms in total. The Morgan fingerprint density at radius 2 is 1.68 bits per heavy atom. The van der Waals surface area contributed by atoms with E-state index in [0.717, 1.165) is 22.5 Å². The van der Waals surface area contributed by atoms with Crippen LogP contribution in [0.25, 0.3) is 23.0 Å². The average Bonchev–Trinajstić information content (AvgIpc) is 3.39. The van der Waals surface area contributed by atoms with Gasteiger partial charge in [-0.05, 0) is 43.7 Å². The number of aryl methyl sites for hydroxylation is 2. The van der Waals surface area contributed by atoms with Gasteiger partial charge in [-0.3, -0.25) is 4.79 Å². The molecule has 186 valence electrons. The number of amides is 1. The Bertz CT molecular complexity index is 1510. The molecule has 1 fully saturated rings. The normalized spacial score (nSPS) is 20.1. The predicted octanol–water partition coefficient (Wildman–Crippen LogP) is 6.18. The van der Waals surface area contributed by atoms with Crippen molar-refractivity contribution in [3.63, 3.8) is 0 Å². The average molecular weight is 489 g/mol. The third kappa shape index (κ3) is 3.69. The maximum atomic E-state index is 12.8. The van der Waals surface area contributed by atoms with Crippen molar-refractivity contribution in [2.24, 2.45) is 0 Å². The lowest BCUT2D eigenvalue weighted by Gasteiger charge is -2.49. The fourth-order valence-corrected chi connectivity index (χ4v) is 5.84. The smallest absolute Gasteiger partial charge is 0.223 e. The van der Waals surface area contributed by atoms with Crippen LogP contribution in [0.1, 0.15) is 42.5 Å². The fraction of sp³-hybridized carbons (Fsp3) is 0.250. The number of nitrogens with one attached hydrogen (secondary N) is 1. The molecule has 0 unspecified atom stereocenters. The molecule has 1 N–H and O–H groups in total. The molecule has 2 aliphatic heterocycles. The summed E-state index contributed by atoms with van der Waals surface area (Å²) < 4.78 is 1.93. The monoisotopic (exact) mass is 488 g/mol. The molecule has 6 rings (SSSR count). The van der Waals surface area contributed by atoms with Crippen molar-refractivity contribution >= 4 is 17.7 Å². The maximum absolute atomic E-state index is 12.8. The van der Waals surface area contributed by atoms with Crippen LogP contribution in [0, 0.1) is 13.8 Å². The number of rotatable bonds is 4. The van der Waals surface area contributed by atoms with Gasteiger partial charge in [0, 0.05) is 41.4 Å². The highest BCUT2D eigenvalue weighted by molar-refractivity contribution is 5.85. The molecule has 0 bridgehead atoms. The highest BCUT2D eigenvalue weighted by atomic mass is 16.2. The van der Waals surface area contributed by atoms with Crippen molar-refractivity contribution in [1.82, 2.24) is 15.1 Å². The topological polar surface area (TPSA) is 50.2 Å². The summed E-state index contributed by atoms with van der Waals surface area (Å²) >= 11 is 0. The number of fused-ring (bicyclic) bond motifs is 3. The summed E-state index contributed by atoms with van der Waals surface area (Å²) in [6, 6.07) is 25.3. The van der Waals surface area contributed by atoms with E-state index in [1.807, 2.05) is 22.9 Å². The van der Waals surface area contributed by atoms with Crippen molar-refractivity contribution in [1.29, 1.82) is 0 Å². The molecule has 0 spiro atoms. The van der Waals surface area contributed by atoms with Gasteiger partial charge in [0.05, 0.1) is 11.4 Å². The van der Waals surface area contributed by atoms with Gasteiger partial charge in [0.1, 0.15) is 5.66 Å². The fourth-order valence-electron chi connectivity index (χ4n) is 5.84. The third-order valence-electron chi connectivity index (χ3n) is 7.98. The SMILES string of the molecule is Cc1ccc(-c2nn(-c3ccccc3)cc2/C=C/[C@@]23NC(=O)CCN2c2ccc(C)cc2C3(C)C)cc1. The first-order valence-corrected chi connectivity index (χ1v) is 12.9. The van der Waals surface area contributed by atoms with E-state index >= 15 is 0 Å². The van der Waals surface area contributed by atoms with Crippen molar-refractivity contribution in [2.75, 3.05) is 11.4 Å². The van der Waals surface area contributed by atoms with Gasteiger partial charge in [-0.2, -0.15) is 5.10 Å². The van der Waals surface area contributed by atoms with E-state index < -0.39 is 5.66 Å². The zero-order valence-corrected chi connectivity index (χ0v) is 21.8. The van der Waals surface area contributed by atoms with E-state index in [9.17, 15) is 4.79 Å². The molecule has 1 saturated heterocycles. The molecule has 5 heteroatoms. The van der Waals surface area contributed by atoms with Crippen molar-refractivity contribution < 1.29 is 4.79 Å². The molecule has 1 atom stereocenters. The van der Waals surface area contributed by atoms with Crippen LogP contribution in [-0.2, 0) is 10.2 Å². The minimum Gasteiger partial charge on any atom is -0.344 e. The number of hydrogen-bond donors (Lipinski definition) is 1. The van der Waals surface area contributed by atoms with Gasteiger partial charge in [-0.15, -0.1) is 0 Å². The minimum absolute atomic E-state index is 0.0808. The summed E-state index contributed by atoms with van der Waals surface area (Å²) in [5.74, 6) is 0.0808. The van der Waals surface area contributed by atoms with E-state index in [1.54, 1.807) is 0 Å². The quantitative estimate of drug-likeness (QED) is 0.373. The van der Waals surface area contributed by atoms with Crippen molar-refractivity contribution in [3.8, 4) is 16.9 Å². The second kappa shape index (κ2) is 8.48. The molecule has 37 heavy (non-hydrogen) atoms. The minimum atomic E-state index is -0.669. The van der Waals surface area contributed by atoms with Crippen LogP contribution in [0.5, 0.6) is 0 Å². The Hall–Kier alpha value is -4.12. The zero-order chi connectivity index (χ0) is 25.8. The molecule has 0 saturated carbocycles. The maximum Gasteiger partial charge on any atom is 0.223 e. The summed E-state index contributed by atoms with van der Waals surface area (Å²) in [4.78, 5) is 15.2. The lowest BCUT2D eigenvalue weighted by atomic mass is 9.74. The number of hydrogen-bond acceptors (Lipinski definition) is 3. The molecule has 3 aromatic carbocycles. The Labute approximate surface area is 218 Å². The number of nitrogens with zero attached hydrogens (tertiary/aromatic N) is 3. The van der Waals surface area contributed by atoms with Crippen LogP contribution < -0.4 is 10.2 Å². The molecule has 0 radical (unpaired) electrons. The van der Waals surface area contributed by atoms with Crippen molar-refractivity contribution in [2.45, 2.75) is 45.2 Å². The van der Waals surface area contributed by atoms with E-state index in [2.05, 4.69) is 111 Å². The number of anilines is 1. The summed E-state index contributed by atoms with van der Waals surface area (Å²) in [5, 5.41) is 8.39. The molecular formula is C32H32N4O. The first-order valence-electron chi connectivity index (χ1n) is 12.9. The Morgan fingerprint density at radius 1 is 0.946 bits per heavy atom. The number of aromatic nitrogens is 2. The number of carbonyl (C=O) groups excluding carboxylic acids is 1. The van der Waals surface area contributed by atoms with E-state index in [0.29, 0.717) is 13.0 Å². The second-order valence-corrected chi connectivity index (χ2v) is 10.8. The van der Waals surface area contributed by atoms with Crippen LogP contribution in [0.15, 0.2) is 85.1 Å². The second-order valence-electron chi connectivity index (χ2n) is 10.8. The molecule has 3 heterocycles. The van der Waals surface area contributed by atoms with Gasteiger partial charge in [0.2, 0.25) is 5.91 Å². The van der Waals surface area contributed by atoms with E-state index in [4.69, 9.17) is 5.10 Å². The molecular weight excluding hydrogens is 456 g/mol. The largest absolute Gasteiger partial charge is 0.344 e. The van der Waals surface area contributed by atoms with Gasteiger partial charge in [-0.1, -0.05) is 85.6 Å². The highest BCUT2D eigenvalue weighted by Crippen LogP contribution is 2.52. The van der Waals surface area contributed by atoms with E-state index in [1.165, 1.54) is 22.4 Å². The lowest BCUT2D eigenvalue weighted by molar-refractivity contribution is -0.124. The standard InChI is InChI=1S/C32H32N4O/c1-22-10-13-24(14-11-22)30-25(21-36(34-30)26-8-6-5-7-9-26)16-18-32-31(3,4)27-20-23(2)12-15-28(27)35(32)19-17-29(37)33-32/h5-16,18,20-21H,17,19H2,1-4H3,(H,33,37)/b18-16+/t32-/m1/s1. The third-order valence-corrected chi connectivity index (χ3v) is 7.98. The van der Waals surface area contributed by atoms with Crippen molar-refractivity contribution in [3.05, 3.63) is 107 Å². The molecule has 1 amide bonds. The molecule has 4 aromatic rings. The molecule has 1 aromatic heterocycles. The lowest BCUT2D eigenvalue weighted by Crippen LogP contribution is -2.68. The summed E-state index contributed by atoms with van der Waals surface area (Å²) in [7, 11) is 0. The number of carbonyl (C=O) groups is 1. The first-order chi connectivity index (χ1) is 17.8. The number of benzene rings is 3. The summed E-state index contributed by atoms with van der Waals surface area (Å²) in [6.07, 6.45) is 6.88. The first kappa shape index (κ1) is 23.3. The number of para-hydroxylation sites is 1. The van der Waals surface area contributed by atoms with Gasteiger partial charge < -0.3 is 10.2 Å². The van der Waals surface area contributed by atoms with Gasteiger partial charge in [0.15, 0.2) is 0 Å². The van der Waals surface area contributed by atoms with Crippen LogP contribution in [0.2, 0.25) is 0 Å². The Balaban J connectivity index is 1.50. The highest BCUT2D eigenvalue weighted by Gasteiger charge is 2.57. The Morgan fingerprint density at radius 3 is 2.43 bits per heavy atom. The predicted molar refractivity (Wildman–Crippen MR) is 150 cm³/mol. The molecule has 0 aliphatic carbocycles. The van der Waals surface area contributed by atoms with Crippen LogP contribution in [0.4, 0.5) is 5.69 Å². The van der Waals surface area contributed by atoms with Crippen LogP contribution >= 0.6 is 0 Å². The van der Waals surface area contributed by atoms with Gasteiger partial charge in [0.25, 0.3) is 0 Å². The Kier molecular flexibility index (Phi) is 5.34. The van der Waals surface area contributed by atoms with Gasteiger partial charge >= 0.3 is 0 Å². The molecule has 2 aliphatic rings. The summed E-state index contributed by atoms with van der Waals surface area (Å²) in [5.41, 5.74) is 7.87. The van der Waals surface area contributed by atoms with Gasteiger partial charge in [-0.25, -0.2) is 4.68 Å². The van der Waals surface area contributed by atoms with Crippen LogP contribution in [0.3, 0.4) is 0 Å².